The second kappa shape index (κ2) is 6.47. The number of nitrogens with zero attached hydrogens (tertiary/aromatic N) is 3. The van der Waals surface area contributed by atoms with Gasteiger partial charge in [0.2, 0.25) is 17.2 Å². The Hall–Kier alpha value is -1.95. The summed E-state index contributed by atoms with van der Waals surface area (Å²) >= 11 is 5.86. The molecule has 1 heterocycles. The van der Waals surface area contributed by atoms with E-state index in [1.807, 2.05) is 13.8 Å². The van der Waals surface area contributed by atoms with Gasteiger partial charge in [-0.3, -0.25) is 0 Å². The molecule has 0 spiro atoms. The van der Waals surface area contributed by atoms with E-state index in [4.69, 9.17) is 11.6 Å². The van der Waals surface area contributed by atoms with Crippen molar-refractivity contribution in [2.24, 2.45) is 0 Å². The van der Waals surface area contributed by atoms with Gasteiger partial charge in [-0.25, -0.2) is 4.39 Å². The lowest BCUT2D eigenvalue weighted by Gasteiger charge is -2.12. The van der Waals surface area contributed by atoms with Crippen LogP contribution in [0.15, 0.2) is 24.3 Å². The van der Waals surface area contributed by atoms with E-state index in [-0.39, 0.29) is 23.1 Å². The molecule has 0 aliphatic carbocycles. The van der Waals surface area contributed by atoms with Gasteiger partial charge < -0.3 is 10.6 Å². The Labute approximate surface area is 121 Å². The number of halogens is 2. The number of benzene rings is 1. The van der Waals surface area contributed by atoms with Gasteiger partial charge in [-0.2, -0.15) is 15.0 Å². The molecule has 0 unspecified atom stereocenters. The second-order valence-corrected chi connectivity index (χ2v) is 4.68. The monoisotopic (exact) mass is 295 g/mol. The van der Waals surface area contributed by atoms with Crippen molar-refractivity contribution in [1.29, 1.82) is 0 Å². The Balaban J connectivity index is 2.19. The standard InChI is InChI=1S/C13H15ClFN5/c1-3-8(2)16-12-18-11(14)19-13(20-12)17-10-6-4-5-9(15)7-10/h4-8H,3H2,1-2H3,(H2,16,17,18,19,20)/t8-/m0/s1. The molecule has 2 aromatic rings. The highest BCUT2D eigenvalue weighted by molar-refractivity contribution is 6.28. The van der Waals surface area contributed by atoms with Gasteiger partial charge in [-0.1, -0.05) is 13.0 Å². The van der Waals surface area contributed by atoms with Gasteiger partial charge in [0.05, 0.1) is 0 Å². The zero-order valence-electron chi connectivity index (χ0n) is 11.2. The third kappa shape index (κ3) is 4.03. The molecule has 1 atom stereocenters. The summed E-state index contributed by atoms with van der Waals surface area (Å²) in [5.74, 6) is 0.313. The van der Waals surface area contributed by atoms with Crippen molar-refractivity contribution in [3.05, 3.63) is 35.4 Å². The molecule has 7 heteroatoms. The summed E-state index contributed by atoms with van der Waals surface area (Å²) in [6.07, 6.45) is 0.927. The predicted octanol–water partition coefficient (Wildman–Crippen LogP) is 3.62. The van der Waals surface area contributed by atoms with Crippen LogP contribution in [0.3, 0.4) is 0 Å². The average molecular weight is 296 g/mol. The van der Waals surface area contributed by atoms with Crippen LogP contribution in [-0.2, 0) is 0 Å². The maximum absolute atomic E-state index is 13.1. The molecule has 0 bridgehead atoms. The predicted molar refractivity (Wildman–Crippen MR) is 77.9 cm³/mol. The van der Waals surface area contributed by atoms with E-state index >= 15 is 0 Å². The number of anilines is 3. The molecule has 0 radical (unpaired) electrons. The van der Waals surface area contributed by atoms with E-state index < -0.39 is 0 Å². The topological polar surface area (TPSA) is 62.7 Å². The van der Waals surface area contributed by atoms with Crippen molar-refractivity contribution in [2.75, 3.05) is 10.6 Å². The van der Waals surface area contributed by atoms with Gasteiger partial charge in [0, 0.05) is 11.7 Å². The fraction of sp³-hybridized carbons (Fsp3) is 0.308. The highest BCUT2D eigenvalue weighted by Gasteiger charge is 2.07. The minimum Gasteiger partial charge on any atom is -0.352 e. The number of hydrogen-bond donors (Lipinski definition) is 2. The SMILES string of the molecule is CC[C@H](C)Nc1nc(Cl)nc(Nc2cccc(F)c2)n1. The quantitative estimate of drug-likeness (QED) is 0.882. The zero-order valence-corrected chi connectivity index (χ0v) is 11.9. The van der Waals surface area contributed by atoms with Gasteiger partial charge in [0.15, 0.2) is 0 Å². The molecule has 0 aliphatic rings. The zero-order chi connectivity index (χ0) is 14.5. The molecule has 2 rings (SSSR count). The molecule has 1 aromatic carbocycles. The van der Waals surface area contributed by atoms with Gasteiger partial charge in [-0.15, -0.1) is 0 Å². The summed E-state index contributed by atoms with van der Waals surface area (Å²) in [5, 5.41) is 6.07. The van der Waals surface area contributed by atoms with Crippen LogP contribution in [0.4, 0.5) is 22.0 Å². The normalized spacial score (nSPS) is 12.0. The van der Waals surface area contributed by atoms with Crippen LogP contribution in [0.1, 0.15) is 20.3 Å². The van der Waals surface area contributed by atoms with E-state index in [9.17, 15) is 4.39 Å². The van der Waals surface area contributed by atoms with E-state index in [1.54, 1.807) is 12.1 Å². The molecule has 1 aromatic heterocycles. The molecule has 106 valence electrons. The number of rotatable bonds is 5. The Morgan fingerprint density at radius 3 is 2.70 bits per heavy atom. The van der Waals surface area contributed by atoms with Crippen LogP contribution >= 0.6 is 11.6 Å². The maximum atomic E-state index is 13.1. The molecule has 0 saturated carbocycles. The number of aromatic nitrogens is 3. The van der Waals surface area contributed by atoms with E-state index in [2.05, 4.69) is 25.6 Å². The molecule has 5 nitrogen and oxygen atoms in total. The fourth-order valence-electron chi connectivity index (χ4n) is 1.49. The van der Waals surface area contributed by atoms with Crippen LogP contribution in [0.25, 0.3) is 0 Å². The Bertz CT molecular complexity index is 593. The second-order valence-electron chi connectivity index (χ2n) is 4.34. The molecular formula is C13H15ClFN5. The highest BCUT2D eigenvalue weighted by Crippen LogP contribution is 2.17. The van der Waals surface area contributed by atoms with Crippen molar-refractivity contribution >= 4 is 29.2 Å². The van der Waals surface area contributed by atoms with Crippen LogP contribution in [0.5, 0.6) is 0 Å². The van der Waals surface area contributed by atoms with Crippen LogP contribution in [-0.4, -0.2) is 21.0 Å². The van der Waals surface area contributed by atoms with Crippen LogP contribution in [0, 0.1) is 5.82 Å². The first-order valence-electron chi connectivity index (χ1n) is 6.27. The summed E-state index contributed by atoms with van der Waals surface area (Å²) in [6.45, 7) is 4.06. The van der Waals surface area contributed by atoms with E-state index in [0.29, 0.717) is 11.6 Å². The summed E-state index contributed by atoms with van der Waals surface area (Å²) in [4.78, 5) is 12.2. The van der Waals surface area contributed by atoms with Crippen molar-refractivity contribution in [3.63, 3.8) is 0 Å². The van der Waals surface area contributed by atoms with Crippen molar-refractivity contribution < 1.29 is 4.39 Å². The molecule has 0 amide bonds. The largest absolute Gasteiger partial charge is 0.352 e. The minimum absolute atomic E-state index is 0.0738. The summed E-state index contributed by atoms with van der Waals surface area (Å²) in [6, 6.07) is 6.23. The first kappa shape index (κ1) is 14.5. The third-order valence-corrected chi connectivity index (χ3v) is 2.85. The Morgan fingerprint density at radius 2 is 2.00 bits per heavy atom. The summed E-state index contributed by atoms with van der Waals surface area (Å²) in [5.41, 5.74) is 0.543. The molecular weight excluding hydrogens is 281 g/mol. The number of hydrogen-bond acceptors (Lipinski definition) is 5. The lowest BCUT2D eigenvalue weighted by molar-refractivity contribution is 0.628. The smallest absolute Gasteiger partial charge is 0.233 e. The molecule has 20 heavy (non-hydrogen) atoms. The average Bonchev–Trinajstić information content (AvgIpc) is 2.37. The first-order valence-corrected chi connectivity index (χ1v) is 6.65. The van der Waals surface area contributed by atoms with E-state index in [1.165, 1.54) is 12.1 Å². The van der Waals surface area contributed by atoms with Gasteiger partial charge in [0.1, 0.15) is 5.82 Å². The lowest BCUT2D eigenvalue weighted by atomic mass is 10.3. The van der Waals surface area contributed by atoms with Crippen molar-refractivity contribution in [2.45, 2.75) is 26.3 Å². The van der Waals surface area contributed by atoms with E-state index in [0.717, 1.165) is 6.42 Å². The van der Waals surface area contributed by atoms with Gasteiger partial charge in [-0.05, 0) is 43.1 Å². The highest BCUT2D eigenvalue weighted by atomic mass is 35.5. The van der Waals surface area contributed by atoms with Crippen molar-refractivity contribution in [3.8, 4) is 0 Å². The number of nitrogens with one attached hydrogen (secondary N) is 2. The Kier molecular flexibility index (Phi) is 4.68. The molecule has 0 fully saturated rings. The lowest BCUT2D eigenvalue weighted by Crippen LogP contribution is -2.16. The fourth-order valence-corrected chi connectivity index (χ4v) is 1.65. The maximum Gasteiger partial charge on any atom is 0.233 e. The molecule has 2 N–H and O–H groups in total. The van der Waals surface area contributed by atoms with Gasteiger partial charge >= 0.3 is 0 Å². The minimum atomic E-state index is -0.340. The summed E-state index contributed by atoms with van der Waals surface area (Å²) < 4.78 is 13.1. The molecule has 0 saturated heterocycles. The molecule has 0 aliphatic heterocycles. The van der Waals surface area contributed by atoms with Crippen LogP contribution in [0.2, 0.25) is 5.28 Å². The third-order valence-electron chi connectivity index (χ3n) is 2.68. The first-order chi connectivity index (χ1) is 9.56. The Morgan fingerprint density at radius 1 is 1.25 bits per heavy atom. The van der Waals surface area contributed by atoms with Crippen molar-refractivity contribution in [1.82, 2.24) is 15.0 Å². The summed E-state index contributed by atoms with van der Waals surface area (Å²) in [7, 11) is 0. The van der Waals surface area contributed by atoms with Gasteiger partial charge in [0.25, 0.3) is 0 Å². The van der Waals surface area contributed by atoms with Crippen LogP contribution < -0.4 is 10.6 Å².